The van der Waals surface area contributed by atoms with Crippen molar-refractivity contribution < 1.29 is 4.79 Å². The van der Waals surface area contributed by atoms with Crippen LogP contribution in [0.1, 0.15) is 32.6 Å². The number of carbonyl (C=O) groups is 1. The molecule has 0 spiro atoms. The van der Waals surface area contributed by atoms with E-state index < -0.39 is 0 Å². The third-order valence-corrected chi connectivity index (χ3v) is 3.19. The Morgan fingerprint density at radius 3 is 2.53 bits per heavy atom. The van der Waals surface area contributed by atoms with Gasteiger partial charge in [0.25, 0.3) is 0 Å². The molecule has 0 saturated heterocycles. The van der Waals surface area contributed by atoms with Crippen LogP contribution < -0.4 is 5.32 Å². The van der Waals surface area contributed by atoms with E-state index in [4.69, 9.17) is 0 Å². The van der Waals surface area contributed by atoms with E-state index in [0.717, 1.165) is 18.5 Å². The normalized spacial score (nSPS) is 18.7. The number of hydrogen-bond acceptors (Lipinski definition) is 2. The van der Waals surface area contributed by atoms with Gasteiger partial charge in [-0.25, -0.2) is 0 Å². The van der Waals surface area contributed by atoms with Crippen LogP contribution in [0.4, 0.5) is 5.69 Å². The highest BCUT2D eigenvalue weighted by molar-refractivity contribution is 5.95. The van der Waals surface area contributed by atoms with Crippen molar-refractivity contribution in [2.24, 2.45) is 5.41 Å². The summed E-state index contributed by atoms with van der Waals surface area (Å²) in [4.78, 5) is 15.9. The second kappa shape index (κ2) is 4.01. The summed E-state index contributed by atoms with van der Waals surface area (Å²) < 4.78 is 0. The van der Waals surface area contributed by atoms with Crippen LogP contribution >= 0.6 is 0 Å². The molecule has 1 N–H and O–H groups in total. The number of nitrogens with zero attached hydrogens (tertiary/aromatic N) is 1. The average molecular weight is 204 g/mol. The number of anilines is 1. The first-order valence-corrected chi connectivity index (χ1v) is 5.42. The second-order valence-corrected chi connectivity index (χ2v) is 4.46. The van der Waals surface area contributed by atoms with Crippen molar-refractivity contribution >= 4 is 11.6 Å². The van der Waals surface area contributed by atoms with Crippen molar-refractivity contribution in [3.05, 3.63) is 24.5 Å². The quantitative estimate of drug-likeness (QED) is 0.804. The van der Waals surface area contributed by atoms with Crippen LogP contribution in [0.2, 0.25) is 0 Å². The number of pyridine rings is 1. The Labute approximate surface area is 89.9 Å². The zero-order valence-electron chi connectivity index (χ0n) is 8.99. The van der Waals surface area contributed by atoms with Crippen molar-refractivity contribution in [3.63, 3.8) is 0 Å². The molecular formula is C12H16N2O. The van der Waals surface area contributed by atoms with E-state index in [0.29, 0.717) is 0 Å². The summed E-state index contributed by atoms with van der Waals surface area (Å²) >= 11 is 0. The minimum atomic E-state index is -0.163. The van der Waals surface area contributed by atoms with Gasteiger partial charge in [-0.3, -0.25) is 9.78 Å². The summed E-state index contributed by atoms with van der Waals surface area (Å²) in [6.07, 6.45) is 7.72. The van der Waals surface area contributed by atoms with Crippen molar-refractivity contribution in [1.29, 1.82) is 0 Å². The van der Waals surface area contributed by atoms with Gasteiger partial charge >= 0.3 is 0 Å². The maximum atomic E-state index is 12.0. The van der Waals surface area contributed by atoms with E-state index in [1.54, 1.807) is 12.4 Å². The van der Waals surface area contributed by atoms with Crippen LogP contribution in [0.25, 0.3) is 0 Å². The molecule has 0 radical (unpaired) electrons. The molecule has 1 saturated carbocycles. The lowest BCUT2D eigenvalue weighted by Gasteiger charge is -2.22. The third kappa shape index (κ3) is 2.17. The molecule has 0 unspecified atom stereocenters. The number of rotatable bonds is 2. The zero-order valence-corrected chi connectivity index (χ0v) is 8.99. The van der Waals surface area contributed by atoms with Crippen molar-refractivity contribution in [3.8, 4) is 0 Å². The zero-order chi connectivity index (χ0) is 10.7. The van der Waals surface area contributed by atoms with Gasteiger partial charge in [-0.2, -0.15) is 0 Å². The first-order chi connectivity index (χ1) is 7.21. The number of carbonyl (C=O) groups excluding carboxylic acids is 1. The van der Waals surface area contributed by atoms with Crippen LogP contribution in [0, 0.1) is 5.41 Å². The van der Waals surface area contributed by atoms with Crippen LogP contribution in [0.3, 0.4) is 0 Å². The number of amides is 1. The van der Waals surface area contributed by atoms with Gasteiger partial charge in [0.2, 0.25) is 5.91 Å². The van der Waals surface area contributed by atoms with E-state index in [1.807, 2.05) is 12.1 Å². The van der Waals surface area contributed by atoms with Gasteiger partial charge in [0, 0.05) is 23.5 Å². The molecule has 3 heteroatoms. The summed E-state index contributed by atoms with van der Waals surface area (Å²) in [6, 6.07) is 3.63. The summed E-state index contributed by atoms with van der Waals surface area (Å²) in [5.74, 6) is 0.145. The van der Waals surface area contributed by atoms with Gasteiger partial charge in [-0.05, 0) is 25.0 Å². The summed E-state index contributed by atoms with van der Waals surface area (Å²) in [5, 5.41) is 2.95. The molecule has 80 valence electrons. The van der Waals surface area contributed by atoms with Gasteiger partial charge in [-0.15, -0.1) is 0 Å². The lowest BCUT2D eigenvalue weighted by Crippen LogP contribution is -2.30. The maximum absolute atomic E-state index is 12.0. The Morgan fingerprint density at radius 1 is 1.33 bits per heavy atom. The van der Waals surface area contributed by atoms with Crippen LogP contribution in [-0.2, 0) is 4.79 Å². The third-order valence-electron chi connectivity index (χ3n) is 3.19. The number of aromatic nitrogens is 1. The van der Waals surface area contributed by atoms with Gasteiger partial charge in [-0.1, -0.05) is 19.8 Å². The predicted molar refractivity (Wildman–Crippen MR) is 59.4 cm³/mol. The Balaban J connectivity index is 2.04. The summed E-state index contributed by atoms with van der Waals surface area (Å²) in [7, 11) is 0. The molecule has 1 aromatic rings. The van der Waals surface area contributed by atoms with Gasteiger partial charge in [0.05, 0.1) is 0 Å². The first kappa shape index (κ1) is 10.1. The minimum Gasteiger partial charge on any atom is -0.326 e. The lowest BCUT2D eigenvalue weighted by atomic mass is 9.88. The van der Waals surface area contributed by atoms with E-state index in [-0.39, 0.29) is 11.3 Å². The fourth-order valence-electron chi connectivity index (χ4n) is 2.10. The number of hydrogen-bond donors (Lipinski definition) is 1. The van der Waals surface area contributed by atoms with E-state index in [1.165, 1.54) is 12.8 Å². The Morgan fingerprint density at radius 2 is 1.93 bits per heavy atom. The fourth-order valence-corrected chi connectivity index (χ4v) is 2.10. The monoisotopic (exact) mass is 204 g/mol. The molecule has 1 aromatic heterocycles. The summed E-state index contributed by atoms with van der Waals surface area (Å²) in [6.45, 7) is 2.05. The average Bonchev–Trinajstić information content (AvgIpc) is 2.68. The SMILES string of the molecule is CC1(C(=O)Nc2ccncc2)CCCC1. The number of nitrogens with one attached hydrogen (secondary N) is 1. The van der Waals surface area contributed by atoms with Crippen molar-refractivity contribution in [1.82, 2.24) is 4.98 Å². The highest BCUT2D eigenvalue weighted by atomic mass is 16.2. The molecule has 1 heterocycles. The molecule has 2 rings (SSSR count). The fraction of sp³-hybridized carbons (Fsp3) is 0.500. The molecular weight excluding hydrogens is 188 g/mol. The first-order valence-electron chi connectivity index (χ1n) is 5.42. The molecule has 0 atom stereocenters. The topological polar surface area (TPSA) is 42.0 Å². The highest BCUT2D eigenvalue weighted by Crippen LogP contribution is 2.38. The van der Waals surface area contributed by atoms with E-state index in [2.05, 4.69) is 17.2 Å². The van der Waals surface area contributed by atoms with Gasteiger partial charge in [0.1, 0.15) is 0 Å². The van der Waals surface area contributed by atoms with Crippen LogP contribution in [-0.4, -0.2) is 10.9 Å². The molecule has 3 nitrogen and oxygen atoms in total. The molecule has 1 fully saturated rings. The molecule has 0 aromatic carbocycles. The predicted octanol–water partition coefficient (Wildman–Crippen LogP) is 2.60. The largest absolute Gasteiger partial charge is 0.326 e. The molecule has 0 bridgehead atoms. The van der Waals surface area contributed by atoms with E-state index in [9.17, 15) is 4.79 Å². The Bertz CT molecular complexity index is 342. The molecule has 1 aliphatic rings. The van der Waals surface area contributed by atoms with Gasteiger partial charge in [0.15, 0.2) is 0 Å². The molecule has 1 aliphatic carbocycles. The minimum absolute atomic E-state index is 0.145. The Hall–Kier alpha value is -1.38. The van der Waals surface area contributed by atoms with Crippen molar-refractivity contribution in [2.45, 2.75) is 32.6 Å². The lowest BCUT2D eigenvalue weighted by molar-refractivity contribution is -0.124. The smallest absolute Gasteiger partial charge is 0.230 e. The highest BCUT2D eigenvalue weighted by Gasteiger charge is 2.36. The second-order valence-electron chi connectivity index (χ2n) is 4.46. The van der Waals surface area contributed by atoms with E-state index >= 15 is 0 Å². The molecule has 0 aliphatic heterocycles. The molecule has 1 amide bonds. The van der Waals surface area contributed by atoms with Crippen molar-refractivity contribution in [2.75, 3.05) is 5.32 Å². The van der Waals surface area contributed by atoms with Gasteiger partial charge < -0.3 is 5.32 Å². The van der Waals surface area contributed by atoms with Crippen LogP contribution in [0.15, 0.2) is 24.5 Å². The standard InChI is InChI=1S/C12H16N2O/c1-12(6-2-3-7-12)11(15)14-10-4-8-13-9-5-10/h4-5,8-9H,2-3,6-7H2,1H3,(H,13,14,15). The van der Waals surface area contributed by atoms with Crippen LogP contribution in [0.5, 0.6) is 0 Å². The summed E-state index contributed by atoms with van der Waals surface area (Å²) in [5.41, 5.74) is 0.673. The molecule has 15 heavy (non-hydrogen) atoms. The Kier molecular flexibility index (Phi) is 2.71. The maximum Gasteiger partial charge on any atom is 0.230 e.